The summed E-state index contributed by atoms with van der Waals surface area (Å²) in [6.45, 7) is 1.06. The van der Waals surface area contributed by atoms with Crippen molar-refractivity contribution in [2.75, 3.05) is 25.2 Å². The lowest BCUT2D eigenvalue weighted by molar-refractivity contribution is -0.110. The minimum Gasteiger partial charge on any atom is -0.454 e. The Hall–Kier alpha value is -3.62. The first-order valence-electron chi connectivity index (χ1n) is 9.27. The quantitative estimate of drug-likeness (QED) is 0.852. The molecule has 3 aliphatic heterocycles. The Bertz CT molecular complexity index is 1010. The highest BCUT2D eigenvalue weighted by Crippen LogP contribution is 2.36. The number of carbonyl (C=O) groups is 2. The summed E-state index contributed by atoms with van der Waals surface area (Å²) in [6, 6.07) is 8.63. The van der Waals surface area contributed by atoms with Gasteiger partial charge in [-0.05, 0) is 30.3 Å². The van der Waals surface area contributed by atoms with Crippen LogP contribution >= 0.6 is 0 Å². The summed E-state index contributed by atoms with van der Waals surface area (Å²) < 4.78 is 10.6. The monoisotopic (exact) mass is 394 g/mol. The maximum atomic E-state index is 12.9. The molecule has 4 heterocycles. The zero-order valence-corrected chi connectivity index (χ0v) is 15.5. The number of likely N-dealkylation sites (tertiary alicyclic amines) is 1. The summed E-state index contributed by atoms with van der Waals surface area (Å²) in [5.74, 6) is 0.767. The number of aromatic nitrogens is 1. The van der Waals surface area contributed by atoms with Crippen molar-refractivity contribution < 1.29 is 23.9 Å². The molecule has 0 unspecified atom stereocenters. The van der Waals surface area contributed by atoms with E-state index >= 15 is 0 Å². The molecule has 9 heteroatoms. The van der Waals surface area contributed by atoms with E-state index in [2.05, 4.69) is 15.5 Å². The SMILES string of the molecule is O=C(Nc1cccnc1)C1=NO[C@]2(CCN(C(=O)c3ccc4c(c3)OCO4)C2)C1. The van der Waals surface area contributed by atoms with Gasteiger partial charge in [-0.1, -0.05) is 5.16 Å². The molecule has 1 aromatic heterocycles. The molecule has 2 aromatic rings. The Morgan fingerprint density at radius 3 is 2.93 bits per heavy atom. The normalized spacial score (nSPS) is 21.8. The highest BCUT2D eigenvalue weighted by atomic mass is 16.7. The van der Waals surface area contributed by atoms with Crippen LogP contribution in [0.1, 0.15) is 23.2 Å². The molecule has 0 saturated carbocycles. The summed E-state index contributed by atoms with van der Waals surface area (Å²) >= 11 is 0. The lowest BCUT2D eigenvalue weighted by atomic mass is 9.96. The van der Waals surface area contributed by atoms with Crippen molar-refractivity contribution in [3.05, 3.63) is 48.3 Å². The van der Waals surface area contributed by atoms with Crippen LogP contribution in [0.2, 0.25) is 0 Å². The van der Waals surface area contributed by atoms with E-state index in [0.717, 1.165) is 0 Å². The molecule has 148 valence electrons. The summed E-state index contributed by atoms with van der Waals surface area (Å²) in [6.07, 6.45) is 4.15. The second-order valence-electron chi connectivity index (χ2n) is 7.23. The number of anilines is 1. The van der Waals surface area contributed by atoms with Crippen LogP contribution in [0.4, 0.5) is 5.69 Å². The first kappa shape index (κ1) is 17.5. The molecule has 0 radical (unpaired) electrons. The molecule has 0 bridgehead atoms. The van der Waals surface area contributed by atoms with Crippen molar-refractivity contribution in [2.24, 2.45) is 5.16 Å². The molecule has 1 N–H and O–H groups in total. The van der Waals surface area contributed by atoms with Crippen molar-refractivity contribution in [1.82, 2.24) is 9.88 Å². The van der Waals surface area contributed by atoms with Crippen LogP contribution in [0.15, 0.2) is 47.9 Å². The number of ether oxygens (including phenoxy) is 2. The topological polar surface area (TPSA) is 102 Å². The van der Waals surface area contributed by atoms with Gasteiger partial charge in [-0.15, -0.1) is 0 Å². The van der Waals surface area contributed by atoms with Crippen LogP contribution in [-0.4, -0.2) is 52.9 Å². The Morgan fingerprint density at radius 2 is 2.07 bits per heavy atom. The fourth-order valence-corrected chi connectivity index (χ4v) is 3.73. The summed E-state index contributed by atoms with van der Waals surface area (Å²) in [5.41, 5.74) is 0.770. The van der Waals surface area contributed by atoms with Gasteiger partial charge < -0.3 is 24.5 Å². The molecular weight excluding hydrogens is 376 g/mol. The van der Waals surface area contributed by atoms with E-state index in [4.69, 9.17) is 14.3 Å². The van der Waals surface area contributed by atoms with Crippen molar-refractivity contribution in [3.63, 3.8) is 0 Å². The molecular formula is C20H18N4O5. The molecule has 5 rings (SSSR count). The third-order valence-electron chi connectivity index (χ3n) is 5.24. The number of nitrogens with one attached hydrogen (secondary N) is 1. The number of amides is 2. The second kappa shape index (κ2) is 6.77. The number of hydrogen-bond acceptors (Lipinski definition) is 7. The lowest BCUT2D eigenvalue weighted by Crippen LogP contribution is -2.37. The van der Waals surface area contributed by atoms with E-state index in [1.807, 2.05) is 0 Å². The molecule has 1 fully saturated rings. The number of rotatable bonds is 3. The van der Waals surface area contributed by atoms with Crippen LogP contribution in [0, 0.1) is 0 Å². The van der Waals surface area contributed by atoms with Crippen LogP contribution in [0.3, 0.4) is 0 Å². The Labute approximate surface area is 166 Å². The number of oxime groups is 1. The van der Waals surface area contributed by atoms with Gasteiger partial charge in [0, 0.05) is 31.1 Å². The highest BCUT2D eigenvalue weighted by Gasteiger charge is 2.48. The van der Waals surface area contributed by atoms with Crippen molar-refractivity contribution >= 4 is 23.2 Å². The molecule has 3 aliphatic rings. The van der Waals surface area contributed by atoms with Crippen LogP contribution in [-0.2, 0) is 9.63 Å². The molecule has 1 atom stereocenters. The molecule has 0 aliphatic carbocycles. The first-order valence-corrected chi connectivity index (χ1v) is 9.27. The third-order valence-corrected chi connectivity index (χ3v) is 5.24. The van der Waals surface area contributed by atoms with Gasteiger partial charge in [-0.2, -0.15) is 0 Å². The molecule has 2 amide bonds. The van der Waals surface area contributed by atoms with E-state index in [-0.39, 0.29) is 18.6 Å². The number of fused-ring (bicyclic) bond motifs is 1. The molecule has 1 spiro atoms. The highest BCUT2D eigenvalue weighted by molar-refractivity contribution is 6.43. The van der Waals surface area contributed by atoms with E-state index in [0.29, 0.717) is 54.4 Å². The largest absolute Gasteiger partial charge is 0.454 e. The molecule has 9 nitrogen and oxygen atoms in total. The Morgan fingerprint density at radius 1 is 1.17 bits per heavy atom. The smallest absolute Gasteiger partial charge is 0.273 e. The van der Waals surface area contributed by atoms with Crippen molar-refractivity contribution in [1.29, 1.82) is 0 Å². The van der Waals surface area contributed by atoms with Gasteiger partial charge in [0.15, 0.2) is 17.1 Å². The van der Waals surface area contributed by atoms with Gasteiger partial charge in [-0.3, -0.25) is 14.6 Å². The summed E-state index contributed by atoms with van der Waals surface area (Å²) in [7, 11) is 0. The Kier molecular flexibility index (Phi) is 4.08. The average Bonchev–Trinajstić information content (AvgIpc) is 3.48. The summed E-state index contributed by atoms with van der Waals surface area (Å²) in [5, 5.41) is 6.75. The zero-order chi connectivity index (χ0) is 19.8. The van der Waals surface area contributed by atoms with Gasteiger partial charge in [0.1, 0.15) is 5.71 Å². The molecule has 1 aromatic carbocycles. The average molecular weight is 394 g/mol. The van der Waals surface area contributed by atoms with Crippen LogP contribution in [0.5, 0.6) is 11.5 Å². The number of hydrogen-bond donors (Lipinski definition) is 1. The van der Waals surface area contributed by atoms with Gasteiger partial charge in [0.25, 0.3) is 11.8 Å². The van der Waals surface area contributed by atoms with E-state index < -0.39 is 5.60 Å². The van der Waals surface area contributed by atoms with Crippen molar-refractivity contribution in [3.8, 4) is 11.5 Å². The van der Waals surface area contributed by atoms with Gasteiger partial charge in [0.2, 0.25) is 6.79 Å². The third kappa shape index (κ3) is 3.24. The van der Waals surface area contributed by atoms with E-state index in [1.54, 1.807) is 47.6 Å². The number of pyridine rings is 1. The number of benzene rings is 1. The van der Waals surface area contributed by atoms with Gasteiger partial charge >= 0.3 is 0 Å². The van der Waals surface area contributed by atoms with Gasteiger partial charge in [0.05, 0.1) is 18.4 Å². The standard InChI is InChI=1S/C20H18N4O5/c25-18(22-14-2-1-6-21-10-14)15-9-20(29-23-15)5-7-24(11-20)19(26)13-3-4-16-17(8-13)28-12-27-16/h1-4,6,8,10H,5,7,9,11-12H2,(H,22,25)/t20-/m1/s1. The fraction of sp³-hybridized carbons (Fsp3) is 0.300. The lowest BCUT2D eigenvalue weighted by Gasteiger charge is -2.21. The minimum atomic E-state index is -0.659. The predicted octanol–water partition coefficient (Wildman–Crippen LogP) is 1.81. The molecule has 1 saturated heterocycles. The maximum absolute atomic E-state index is 12.9. The molecule has 29 heavy (non-hydrogen) atoms. The second-order valence-corrected chi connectivity index (χ2v) is 7.23. The van der Waals surface area contributed by atoms with Crippen molar-refractivity contribution in [2.45, 2.75) is 18.4 Å². The fourth-order valence-electron chi connectivity index (χ4n) is 3.73. The van der Waals surface area contributed by atoms with Crippen LogP contribution in [0.25, 0.3) is 0 Å². The van der Waals surface area contributed by atoms with E-state index in [9.17, 15) is 9.59 Å². The number of carbonyl (C=O) groups excluding carboxylic acids is 2. The number of nitrogens with zero attached hydrogens (tertiary/aromatic N) is 3. The summed E-state index contributed by atoms with van der Waals surface area (Å²) in [4.78, 5) is 36.7. The maximum Gasteiger partial charge on any atom is 0.273 e. The minimum absolute atomic E-state index is 0.114. The van der Waals surface area contributed by atoms with E-state index in [1.165, 1.54) is 0 Å². The van der Waals surface area contributed by atoms with Crippen LogP contribution < -0.4 is 14.8 Å². The predicted molar refractivity (Wildman–Crippen MR) is 102 cm³/mol. The zero-order valence-electron chi connectivity index (χ0n) is 15.5. The van der Waals surface area contributed by atoms with Gasteiger partial charge in [-0.25, -0.2) is 0 Å². The first-order chi connectivity index (χ1) is 14.1. The Balaban J connectivity index is 1.23.